The second-order valence-corrected chi connectivity index (χ2v) is 9.45. The molecule has 10 heteroatoms. The molecule has 3 aromatic rings. The number of halogens is 2. The number of nitrogens with one attached hydrogen (secondary N) is 1. The standard InChI is InChI=1S/C20H17BrClN3O4S/c21-16-5-9-19(10-6-16)30(27,28)25(13-15-3-7-17(22)8-4-15)14-20(26)24-23-12-18-2-1-11-29-18/h1-12H,13-14H2,(H,24,26)/b23-12-. The molecule has 0 radical (unpaired) electrons. The SMILES string of the molecule is O=C(CN(Cc1ccc(Cl)cc1)S(=O)(=O)c1ccc(Br)cc1)N/N=C\c1ccco1. The van der Waals surface area contributed by atoms with E-state index in [1.807, 2.05) is 0 Å². The number of sulfonamides is 1. The summed E-state index contributed by atoms with van der Waals surface area (Å²) in [5.41, 5.74) is 3.00. The molecular formula is C20H17BrClN3O4S. The first-order valence-electron chi connectivity index (χ1n) is 8.70. The lowest BCUT2D eigenvalue weighted by atomic mass is 10.2. The van der Waals surface area contributed by atoms with Crippen LogP contribution < -0.4 is 5.43 Å². The first-order chi connectivity index (χ1) is 14.3. The number of furan rings is 1. The van der Waals surface area contributed by atoms with E-state index in [2.05, 4.69) is 26.5 Å². The van der Waals surface area contributed by atoms with Gasteiger partial charge in [0.25, 0.3) is 5.91 Å². The zero-order valence-corrected chi connectivity index (χ0v) is 18.7. The molecule has 0 bridgehead atoms. The maximum absolute atomic E-state index is 13.2. The Kier molecular flexibility index (Phi) is 7.43. The zero-order valence-electron chi connectivity index (χ0n) is 15.5. The molecular weight excluding hydrogens is 494 g/mol. The summed E-state index contributed by atoms with van der Waals surface area (Å²) in [7, 11) is -3.94. The Morgan fingerprint density at radius 3 is 2.47 bits per heavy atom. The Bertz CT molecular complexity index is 1120. The predicted octanol–water partition coefficient (Wildman–Crippen LogP) is 4.04. The lowest BCUT2D eigenvalue weighted by Crippen LogP contribution is -2.39. The third-order valence-corrected chi connectivity index (χ3v) is 6.55. The molecule has 1 aromatic heterocycles. The molecule has 3 rings (SSSR count). The van der Waals surface area contributed by atoms with Gasteiger partial charge in [0.2, 0.25) is 10.0 Å². The summed E-state index contributed by atoms with van der Waals surface area (Å²) in [4.78, 5) is 12.4. The van der Waals surface area contributed by atoms with Crippen molar-refractivity contribution in [3.63, 3.8) is 0 Å². The van der Waals surface area contributed by atoms with Crippen molar-refractivity contribution in [2.24, 2.45) is 5.10 Å². The van der Waals surface area contributed by atoms with Crippen LogP contribution in [0.3, 0.4) is 0 Å². The largest absolute Gasteiger partial charge is 0.463 e. The molecule has 0 aliphatic rings. The van der Waals surface area contributed by atoms with Gasteiger partial charge in [-0.1, -0.05) is 39.7 Å². The Labute approximate surface area is 187 Å². The van der Waals surface area contributed by atoms with Crippen molar-refractivity contribution in [1.82, 2.24) is 9.73 Å². The maximum Gasteiger partial charge on any atom is 0.255 e. The average molecular weight is 511 g/mol. The van der Waals surface area contributed by atoms with Gasteiger partial charge in [0.15, 0.2) is 0 Å². The van der Waals surface area contributed by atoms with Crippen molar-refractivity contribution < 1.29 is 17.6 Å². The van der Waals surface area contributed by atoms with E-state index in [1.165, 1.54) is 24.6 Å². The topological polar surface area (TPSA) is 92.0 Å². The summed E-state index contributed by atoms with van der Waals surface area (Å²) in [6, 6.07) is 16.3. The van der Waals surface area contributed by atoms with Crippen LogP contribution in [0.25, 0.3) is 0 Å². The molecule has 1 N–H and O–H groups in total. The van der Waals surface area contributed by atoms with E-state index in [0.717, 1.165) is 8.78 Å². The molecule has 0 spiro atoms. The van der Waals surface area contributed by atoms with Gasteiger partial charge in [-0.3, -0.25) is 4.79 Å². The monoisotopic (exact) mass is 509 g/mol. The van der Waals surface area contributed by atoms with Gasteiger partial charge in [0, 0.05) is 16.0 Å². The van der Waals surface area contributed by atoms with Crippen molar-refractivity contribution in [1.29, 1.82) is 0 Å². The van der Waals surface area contributed by atoms with Gasteiger partial charge in [0.05, 0.1) is 23.9 Å². The van der Waals surface area contributed by atoms with Gasteiger partial charge in [-0.2, -0.15) is 9.41 Å². The molecule has 1 heterocycles. The molecule has 0 saturated carbocycles. The fourth-order valence-corrected chi connectivity index (χ4v) is 4.28. The first kappa shape index (κ1) is 22.2. The van der Waals surface area contributed by atoms with Crippen LogP contribution in [-0.4, -0.2) is 31.4 Å². The van der Waals surface area contributed by atoms with Gasteiger partial charge in [0.1, 0.15) is 5.76 Å². The van der Waals surface area contributed by atoms with Gasteiger partial charge < -0.3 is 4.42 Å². The summed E-state index contributed by atoms with van der Waals surface area (Å²) < 4.78 is 33.2. The Morgan fingerprint density at radius 2 is 1.83 bits per heavy atom. The third kappa shape index (κ3) is 6.02. The highest BCUT2D eigenvalue weighted by molar-refractivity contribution is 9.10. The fourth-order valence-electron chi connectivity index (χ4n) is 2.50. The predicted molar refractivity (Wildman–Crippen MR) is 118 cm³/mol. The number of carbonyl (C=O) groups excluding carboxylic acids is 1. The molecule has 30 heavy (non-hydrogen) atoms. The van der Waals surface area contributed by atoms with E-state index in [-0.39, 0.29) is 11.4 Å². The second kappa shape index (κ2) is 10.0. The summed E-state index contributed by atoms with van der Waals surface area (Å²) in [6.45, 7) is -0.429. The smallest absolute Gasteiger partial charge is 0.255 e. The van der Waals surface area contributed by atoms with E-state index in [0.29, 0.717) is 16.3 Å². The lowest BCUT2D eigenvalue weighted by Gasteiger charge is -2.21. The van der Waals surface area contributed by atoms with Crippen LogP contribution in [0.1, 0.15) is 11.3 Å². The van der Waals surface area contributed by atoms with Crippen LogP contribution >= 0.6 is 27.5 Å². The van der Waals surface area contributed by atoms with Crippen LogP contribution in [0.2, 0.25) is 5.02 Å². The molecule has 0 atom stereocenters. The molecule has 0 saturated heterocycles. The third-order valence-electron chi connectivity index (χ3n) is 3.97. The summed E-state index contributed by atoms with van der Waals surface area (Å²) in [5.74, 6) is -0.136. The van der Waals surface area contributed by atoms with Gasteiger partial charge in [-0.05, 0) is 54.1 Å². The maximum atomic E-state index is 13.2. The highest BCUT2D eigenvalue weighted by Crippen LogP contribution is 2.21. The van der Waals surface area contributed by atoms with E-state index in [9.17, 15) is 13.2 Å². The van der Waals surface area contributed by atoms with Crippen molar-refractivity contribution in [3.8, 4) is 0 Å². The van der Waals surface area contributed by atoms with Crippen molar-refractivity contribution in [2.75, 3.05) is 6.54 Å². The number of amides is 1. The number of hydrogen-bond acceptors (Lipinski definition) is 5. The van der Waals surface area contributed by atoms with Crippen molar-refractivity contribution in [3.05, 3.63) is 87.7 Å². The molecule has 0 aliphatic carbocycles. The number of hydrogen-bond donors (Lipinski definition) is 1. The molecule has 0 aliphatic heterocycles. The Hall–Kier alpha value is -2.46. The molecule has 7 nitrogen and oxygen atoms in total. The van der Waals surface area contributed by atoms with E-state index >= 15 is 0 Å². The average Bonchev–Trinajstić information content (AvgIpc) is 3.23. The number of hydrazone groups is 1. The Balaban J connectivity index is 1.80. The van der Waals surface area contributed by atoms with Gasteiger partial charge in [-0.15, -0.1) is 0 Å². The normalized spacial score (nSPS) is 11.8. The number of rotatable bonds is 8. The second-order valence-electron chi connectivity index (χ2n) is 6.16. The van der Waals surface area contributed by atoms with E-state index in [1.54, 1.807) is 48.5 Å². The zero-order chi connectivity index (χ0) is 21.6. The molecule has 0 fully saturated rings. The first-order valence-corrected chi connectivity index (χ1v) is 11.3. The van der Waals surface area contributed by atoms with Gasteiger partial charge >= 0.3 is 0 Å². The fraction of sp³-hybridized carbons (Fsp3) is 0.100. The van der Waals surface area contributed by atoms with Crippen LogP contribution in [0.5, 0.6) is 0 Å². The minimum atomic E-state index is -3.94. The molecule has 1 amide bonds. The van der Waals surface area contributed by atoms with Crippen molar-refractivity contribution in [2.45, 2.75) is 11.4 Å². The highest BCUT2D eigenvalue weighted by Gasteiger charge is 2.27. The lowest BCUT2D eigenvalue weighted by molar-refractivity contribution is -0.121. The summed E-state index contributed by atoms with van der Waals surface area (Å²) in [6.07, 6.45) is 2.80. The minimum absolute atomic E-state index is 0.00904. The summed E-state index contributed by atoms with van der Waals surface area (Å²) in [5, 5.41) is 4.32. The van der Waals surface area contributed by atoms with E-state index in [4.69, 9.17) is 16.0 Å². The Morgan fingerprint density at radius 1 is 1.13 bits per heavy atom. The molecule has 156 valence electrons. The van der Waals surface area contributed by atoms with Crippen LogP contribution in [0, 0.1) is 0 Å². The van der Waals surface area contributed by atoms with Crippen LogP contribution in [0.4, 0.5) is 0 Å². The van der Waals surface area contributed by atoms with Crippen LogP contribution in [0.15, 0.2) is 85.8 Å². The van der Waals surface area contributed by atoms with Crippen molar-refractivity contribution >= 4 is 49.7 Å². The molecule has 0 unspecified atom stereocenters. The highest BCUT2D eigenvalue weighted by atomic mass is 79.9. The number of nitrogens with zero attached hydrogens (tertiary/aromatic N) is 2. The van der Waals surface area contributed by atoms with E-state index < -0.39 is 22.5 Å². The number of benzene rings is 2. The van der Waals surface area contributed by atoms with Gasteiger partial charge in [-0.25, -0.2) is 13.8 Å². The number of carbonyl (C=O) groups is 1. The van der Waals surface area contributed by atoms with Crippen LogP contribution in [-0.2, 0) is 21.4 Å². The summed E-state index contributed by atoms with van der Waals surface area (Å²) >= 11 is 9.19. The quantitative estimate of drug-likeness (QED) is 0.366. The molecule has 2 aromatic carbocycles. The minimum Gasteiger partial charge on any atom is -0.463 e.